The van der Waals surface area contributed by atoms with E-state index in [1.165, 1.54) is 18.9 Å². The first-order valence-corrected chi connectivity index (χ1v) is 5.89. The van der Waals surface area contributed by atoms with E-state index in [1.807, 2.05) is 14.0 Å². The molecule has 1 aliphatic heterocycles. The minimum absolute atomic E-state index is 0.705. The van der Waals surface area contributed by atoms with Crippen LogP contribution in [0.15, 0.2) is 11.6 Å². The standard InChI is InChI=1S/C12H22N2O2/c1-10(6-12(15)16)8-14-5-3-4-11(9-14)7-13-2/h6,11,13H,3-5,7-9H2,1-2H3,(H,15,16). The Morgan fingerprint density at radius 2 is 2.38 bits per heavy atom. The van der Waals surface area contributed by atoms with Crippen molar-refractivity contribution >= 4 is 5.97 Å². The molecule has 0 spiro atoms. The number of likely N-dealkylation sites (tertiary alicyclic amines) is 1. The van der Waals surface area contributed by atoms with Gasteiger partial charge in [-0.15, -0.1) is 0 Å². The summed E-state index contributed by atoms with van der Waals surface area (Å²) in [7, 11) is 1.98. The number of piperidine rings is 1. The van der Waals surface area contributed by atoms with Gasteiger partial charge in [-0.05, 0) is 45.8 Å². The molecule has 2 N–H and O–H groups in total. The summed E-state index contributed by atoms with van der Waals surface area (Å²) >= 11 is 0. The lowest BCUT2D eigenvalue weighted by Gasteiger charge is -2.32. The molecule has 1 aliphatic rings. The van der Waals surface area contributed by atoms with Crippen molar-refractivity contribution in [2.75, 3.05) is 33.2 Å². The number of hydrogen-bond donors (Lipinski definition) is 2. The first-order valence-electron chi connectivity index (χ1n) is 5.89. The van der Waals surface area contributed by atoms with Crippen LogP contribution < -0.4 is 5.32 Å². The van der Waals surface area contributed by atoms with E-state index in [0.29, 0.717) is 5.92 Å². The lowest BCUT2D eigenvalue weighted by molar-refractivity contribution is -0.131. The molecule has 0 aromatic carbocycles. The third kappa shape index (κ3) is 4.77. The maximum absolute atomic E-state index is 10.5. The summed E-state index contributed by atoms with van der Waals surface area (Å²) in [5.74, 6) is -0.141. The van der Waals surface area contributed by atoms with Gasteiger partial charge in [0.2, 0.25) is 0 Å². The van der Waals surface area contributed by atoms with Gasteiger partial charge in [0.05, 0.1) is 0 Å². The van der Waals surface area contributed by atoms with Crippen molar-refractivity contribution in [1.29, 1.82) is 0 Å². The fraction of sp³-hybridized carbons (Fsp3) is 0.750. The minimum atomic E-state index is -0.846. The fourth-order valence-corrected chi connectivity index (χ4v) is 2.36. The molecule has 4 heteroatoms. The Balaban J connectivity index is 2.39. The Morgan fingerprint density at radius 3 is 3.00 bits per heavy atom. The van der Waals surface area contributed by atoms with Crippen LogP contribution in [0.2, 0.25) is 0 Å². The molecule has 0 amide bonds. The van der Waals surface area contributed by atoms with E-state index in [2.05, 4.69) is 10.2 Å². The first-order chi connectivity index (χ1) is 7.61. The SMILES string of the molecule is CNCC1CCCN(CC(C)=CC(=O)O)C1. The zero-order chi connectivity index (χ0) is 12.0. The average Bonchev–Trinajstić information content (AvgIpc) is 2.17. The van der Waals surface area contributed by atoms with E-state index >= 15 is 0 Å². The lowest BCUT2D eigenvalue weighted by Crippen LogP contribution is -2.39. The van der Waals surface area contributed by atoms with Crippen molar-refractivity contribution in [2.24, 2.45) is 5.92 Å². The van der Waals surface area contributed by atoms with E-state index in [9.17, 15) is 4.79 Å². The molecule has 1 heterocycles. The third-order valence-corrected chi connectivity index (χ3v) is 2.94. The highest BCUT2D eigenvalue weighted by molar-refractivity contribution is 5.80. The number of nitrogens with zero attached hydrogens (tertiary/aromatic N) is 1. The summed E-state index contributed by atoms with van der Waals surface area (Å²) < 4.78 is 0. The van der Waals surface area contributed by atoms with Gasteiger partial charge in [0.15, 0.2) is 0 Å². The number of hydrogen-bond acceptors (Lipinski definition) is 3. The molecule has 0 aromatic heterocycles. The maximum Gasteiger partial charge on any atom is 0.328 e. The Labute approximate surface area is 97.3 Å². The van der Waals surface area contributed by atoms with Crippen molar-refractivity contribution in [3.8, 4) is 0 Å². The molecule has 0 aliphatic carbocycles. The molecule has 1 unspecified atom stereocenters. The zero-order valence-corrected chi connectivity index (χ0v) is 10.2. The van der Waals surface area contributed by atoms with Gasteiger partial charge in [0, 0.05) is 19.2 Å². The number of carbonyl (C=O) groups is 1. The predicted molar refractivity (Wildman–Crippen MR) is 64.5 cm³/mol. The lowest BCUT2D eigenvalue weighted by atomic mass is 9.97. The quantitative estimate of drug-likeness (QED) is 0.685. The van der Waals surface area contributed by atoms with Crippen molar-refractivity contribution in [1.82, 2.24) is 10.2 Å². The van der Waals surface area contributed by atoms with Gasteiger partial charge in [-0.2, -0.15) is 0 Å². The van der Waals surface area contributed by atoms with Gasteiger partial charge < -0.3 is 10.4 Å². The van der Waals surface area contributed by atoms with Crippen LogP contribution in [0.25, 0.3) is 0 Å². The van der Waals surface area contributed by atoms with Crippen molar-refractivity contribution in [3.05, 3.63) is 11.6 Å². The van der Waals surface area contributed by atoms with Gasteiger partial charge in [0.1, 0.15) is 0 Å². The van der Waals surface area contributed by atoms with Crippen LogP contribution in [0.5, 0.6) is 0 Å². The normalized spacial score (nSPS) is 23.4. The molecule has 0 aromatic rings. The fourth-order valence-electron chi connectivity index (χ4n) is 2.36. The Kier molecular flexibility index (Phi) is 5.49. The highest BCUT2D eigenvalue weighted by atomic mass is 16.4. The molecular formula is C12H22N2O2. The summed E-state index contributed by atoms with van der Waals surface area (Å²) in [6, 6.07) is 0. The van der Waals surface area contributed by atoms with Crippen LogP contribution in [-0.2, 0) is 4.79 Å². The second kappa shape index (κ2) is 6.66. The first kappa shape index (κ1) is 13.2. The number of rotatable bonds is 5. The monoisotopic (exact) mass is 226 g/mol. The minimum Gasteiger partial charge on any atom is -0.478 e. The molecule has 0 radical (unpaired) electrons. The van der Waals surface area contributed by atoms with Crippen LogP contribution in [0.4, 0.5) is 0 Å². The predicted octanol–water partition coefficient (Wildman–Crippen LogP) is 0.949. The molecule has 1 fully saturated rings. The summed E-state index contributed by atoms with van der Waals surface area (Å²) in [4.78, 5) is 12.9. The molecule has 1 rings (SSSR count). The molecule has 1 saturated heterocycles. The molecule has 92 valence electrons. The molecule has 1 atom stereocenters. The molecular weight excluding hydrogens is 204 g/mol. The van der Waals surface area contributed by atoms with E-state index in [4.69, 9.17) is 5.11 Å². The Bertz CT molecular complexity index is 262. The van der Waals surface area contributed by atoms with Crippen molar-refractivity contribution in [2.45, 2.75) is 19.8 Å². The number of carboxylic acid groups (broad SMARTS) is 1. The van der Waals surface area contributed by atoms with Crippen LogP contribution >= 0.6 is 0 Å². The summed E-state index contributed by atoms with van der Waals surface area (Å²) in [5, 5.41) is 11.9. The van der Waals surface area contributed by atoms with Gasteiger partial charge in [-0.3, -0.25) is 4.90 Å². The van der Waals surface area contributed by atoms with Crippen LogP contribution in [0.3, 0.4) is 0 Å². The van der Waals surface area contributed by atoms with E-state index < -0.39 is 5.97 Å². The molecule has 4 nitrogen and oxygen atoms in total. The zero-order valence-electron chi connectivity index (χ0n) is 10.2. The smallest absolute Gasteiger partial charge is 0.328 e. The van der Waals surface area contributed by atoms with E-state index in [0.717, 1.165) is 31.8 Å². The highest BCUT2D eigenvalue weighted by Gasteiger charge is 2.19. The molecule has 0 bridgehead atoms. The van der Waals surface area contributed by atoms with E-state index in [-0.39, 0.29) is 0 Å². The summed E-state index contributed by atoms with van der Waals surface area (Å²) in [6.45, 7) is 5.89. The van der Waals surface area contributed by atoms with Gasteiger partial charge in [0.25, 0.3) is 0 Å². The van der Waals surface area contributed by atoms with Crippen LogP contribution in [0, 0.1) is 5.92 Å². The van der Waals surface area contributed by atoms with Gasteiger partial charge in [-0.1, -0.05) is 5.57 Å². The van der Waals surface area contributed by atoms with Crippen molar-refractivity contribution in [3.63, 3.8) is 0 Å². The third-order valence-electron chi connectivity index (χ3n) is 2.94. The summed E-state index contributed by atoms with van der Waals surface area (Å²) in [6.07, 6.45) is 3.80. The average molecular weight is 226 g/mol. The Morgan fingerprint density at radius 1 is 1.62 bits per heavy atom. The van der Waals surface area contributed by atoms with Crippen LogP contribution in [0.1, 0.15) is 19.8 Å². The van der Waals surface area contributed by atoms with Gasteiger partial charge >= 0.3 is 5.97 Å². The number of aliphatic carboxylic acids is 1. The van der Waals surface area contributed by atoms with E-state index in [1.54, 1.807) is 0 Å². The topological polar surface area (TPSA) is 52.6 Å². The Hall–Kier alpha value is -0.870. The second-order valence-electron chi connectivity index (χ2n) is 4.63. The maximum atomic E-state index is 10.5. The highest BCUT2D eigenvalue weighted by Crippen LogP contribution is 2.16. The number of carboxylic acids is 1. The summed E-state index contributed by atoms with van der Waals surface area (Å²) in [5.41, 5.74) is 0.928. The second-order valence-corrected chi connectivity index (χ2v) is 4.63. The molecule has 0 saturated carbocycles. The van der Waals surface area contributed by atoms with Crippen molar-refractivity contribution < 1.29 is 9.90 Å². The van der Waals surface area contributed by atoms with Crippen LogP contribution in [-0.4, -0.2) is 49.2 Å². The largest absolute Gasteiger partial charge is 0.478 e. The number of nitrogens with one attached hydrogen (secondary N) is 1. The van der Waals surface area contributed by atoms with Gasteiger partial charge in [-0.25, -0.2) is 4.79 Å². The molecule has 16 heavy (non-hydrogen) atoms.